The first-order chi connectivity index (χ1) is 18.7. The van der Waals surface area contributed by atoms with Gasteiger partial charge in [0, 0.05) is 21.8 Å². The monoisotopic (exact) mass is 563 g/mol. The molecule has 0 spiro atoms. The molecule has 0 saturated carbocycles. The van der Waals surface area contributed by atoms with Crippen LogP contribution in [0.15, 0.2) is 97.1 Å². The van der Waals surface area contributed by atoms with E-state index in [9.17, 15) is 29.4 Å². The highest BCUT2D eigenvalue weighted by atomic mass is 35.5. The van der Waals surface area contributed by atoms with E-state index in [-0.39, 0.29) is 28.1 Å². The van der Waals surface area contributed by atoms with Gasteiger partial charge in [0.1, 0.15) is 5.75 Å². The number of hydrogen-bond acceptors (Lipinski definition) is 4. The predicted molar refractivity (Wildman–Crippen MR) is 151 cm³/mol. The van der Waals surface area contributed by atoms with Gasteiger partial charge in [-0.2, -0.15) is 0 Å². The number of phenolic OH excluding ortho intramolecular Hbond substituents is 1. The number of aromatic hydroxyl groups is 1. The number of anilines is 1. The number of rotatable bonds is 8. The summed E-state index contributed by atoms with van der Waals surface area (Å²) in [6.07, 6.45) is -0.125. The van der Waals surface area contributed by atoms with Gasteiger partial charge in [-0.1, -0.05) is 78.3 Å². The molecule has 0 unspecified atom stereocenters. The number of phenols is 1. The molecule has 200 valence electrons. The second-order valence-electron chi connectivity index (χ2n) is 9.55. The van der Waals surface area contributed by atoms with Gasteiger partial charge in [0.2, 0.25) is 5.91 Å². The molecular weight excluding hydrogens is 537 g/mol. The van der Waals surface area contributed by atoms with E-state index in [0.29, 0.717) is 34.7 Å². The molecule has 9 heteroatoms. The average molecular weight is 564 g/mol. The molecule has 5 rings (SSSR count). The van der Waals surface area contributed by atoms with Gasteiger partial charge in [-0.3, -0.25) is 9.36 Å². The molecule has 0 aromatic heterocycles. The molecule has 0 radical (unpaired) electrons. The summed E-state index contributed by atoms with van der Waals surface area (Å²) in [6.45, 7) is 0. The van der Waals surface area contributed by atoms with Crippen LogP contribution < -0.4 is 10.2 Å². The second-order valence-corrected chi connectivity index (χ2v) is 11.5. The number of carbonyl (C=O) groups excluding carboxylic acids is 1. The molecular formula is C30H27ClNO6P. The largest absolute Gasteiger partial charge is 0.507 e. The fourth-order valence-corrected chi connectivity index (χ4v) is 6.29. The molecule has 7 nitrogen and oxygen atoms in total. The SMILES string of the molecule is O=C1[C@H](CC[C@H](O)c2ccccc2Cl)[C@@H](c2ccc(-c3ccccc3P(=O)(O)O)c(O)c2)N1c1ccccc1. The fourth-order valence-electron chi connectivity index (χ4n) is 5.24. The maximum atomic E-state index is 13.4. The molecule has 39 heavy (non-hydrogen) atoms. The van der Waals surface area contributed by atoms with Crippen LogP contribution in [0.25, 0.3) is 11.1 Å². The van der Waals surface area contributed by atoms with Crippen LogP contribution in [0.5, 0.6) is 5.75 Å². The molecule has 1 aliphatic heterocycles. The van der Waals surface area contributed by atoms with Crippen LogP contribution in [0.2, 0.25) is 5.02 Å². The van der Waals surface area contributed by atoms with Crippen molar-refractivity contribution in [3.05, 3.63) is 113 Å². The van der Waals surface area contributed by atoms with E-state index in [1.807, 2.05) is 30.3 Å². The van der Waals surface area contributed by atoms with Crippen LogP contribution in [-0.2, 0) is 9.36 Å². The third kappa shape index (κ3) is 5.37. The van der Waals surface area contributed by atoms with Crippen molar-refractivity contribution in [1.29, 1.82) is 0 Å². The minimum atomic E-state index is -4.58. The zero-order valence-corrected chi connectivity index (χ0v) is 22.4. The smallest absolute Gasteiger partial charge is 0.356 e. The Balaban J connectivity index is 1.47. The van der Waals surface area contributed by atoms with E-state index in [1.165, 1.54) is 18.2 Å². The van der Waals surface area contributed by atoms with Crippen molar-refractivity contribution in [1.82, 2.24) is 0 Å². The predicted octanol–water partition coefficient (Wildman–Crippen LogP) is 5.73. The summed E-state index contributed by atoms with van der Waals surface area (Å²) >= 11 is 6.25. The molecule has 4 aromatic carbocycles. The van der Waals surface area contributed by atoms with E-state index in [1.54, 1.807) is 53.4 Å². The van der Waals surface area contributed by atoms with Gasteiger partial charge in [-0.15, -0.1) is 0 Å². The fraction of sp³-hybridized carbons (Fsp3) is 0.167. The lowest BCUT2D eigenvalue weighted by Gasteiger charge is -2.48. The highest BCUT2D eigenvalue weighted by Crippen LogP contribution is 2.48. The number of β-lactam (4-membered cyclic amide) rings is 1. The standard InChI is InChI=1S/C30H27ClNO6P/c31-25-12-6-4-11-23(25)26(33)17-16-24-29(32(30(24)35)20-8-2-1-3-9-20)19-14-15-21(27(34)18-19)22-10-5-7-13-28(22)39(36,37)38/h1-15,18,24,26,29,33-34H,16-17H2,(H2,36,37,38)/t24-,26+,29-/m1/s1. The van der Waals surface area contributed by atoms with Gasteiger partial charge in [-0.25, -0.2) is 0 Å². The molecule has 0 bridgehead atoms. The van der Waals surface area contributed by atoms with Gasteiger partial charge < -0.3 is 24.9 Å². The lowest BCUT2D eigenvalue weighted by Crippen LogP contribution is -2.55. The van der Waals surface area contributed by atoms with Crippen molar-refractivity contribution in [2.75, 3.05) is 4.90 Å². The molecule has 0 aliphatic carbocycles. The first-order valence-electron chi connectivity index (χ1n) is 12.5. The van der Waals surface area contributed by atoms with Crippen molar-refractivity contribution in [2.24, 2.45) is 5.92 Å². The van der Waals surface area contributed by atoms with Gasteiger partial charge in [-0.05, 0) is 54.3 Å². The number of hydrogen-bond donors (Lipinski definition) is 4. The zero-order chi connectivity index (χ0) is 27.7. The van der Waals surface area contributed by atoms with Gasteiger partial charge in [0.05, 0.1) is 23.4 Å². The second kappa shape index (κ2) is 11.0. The summed E-state index contributed by atoms with van der Waals surface area (Å²) in [4.78, 5) is 34.6. The number of para-hydroxylation sites is 1. The van der Waals surface area contributed by atoms with Crippen LogP contribution in [-0.4, -0.2) is 25.9 Å². The Morgan fingerprint density at radius 1 is 0.872 bits per heavy atom. The Kier molecular flexibility index (Phi) is 7.63. The van der Waals surface area contributed by atoms with Gasteiger partial charge in [0.25, 0.3) is 0 Å². The number of aliphatic hydroxyl groups is 1. The first-order valence-corrected chi connectivity index (χ1v) is 14.4. The van der Waals surface area contributed by atoms with Crippen LogP contribution in [0.3, 0.4) is 0 Å². The lowest BCUT2D eigenvalue weighted by molar-refractivity contribution is -0.131. The van der Waals surface area contributed by atoms with Crippen LogP contribution in [0.1, 0.15) is 36.1 Å². The van der Waals surface area contributed by atoms with Crippen molar-refractivity contribution in [3.63, 3.8) is 0 Å². The van der Waals surface area contributed by atoms with E-state index in [0.717, 1.165) is 0 Å². The number of amides is 1. The molecule has 4 N–H and O–H groups in total. The number of halogens is 1. The van der Waals surface area contributed by atoms with E-state index < -0.39 is 25.7 Å². The number of carbonyl (C=O) groups is 1. The summed E-state index contributed by atoms with van der Waals surface area (Å²) in [5.41, 5.74) is 2.50. The number of aliphatic hydroxyl groups excluding tert-OH is 1. The number of benzene rings is 4. The summed E-state index contributed by atoms with van der Waals surface area (Å²) in [5, 5.41) is 22.1. The summed E-state index contributed by atoms with van der Waals surface area (Å²) in [5.74, 6) is -0.696. The van der Waals surface area contributed by atoms with Gasteiger partial charge >= 0.3 is 7.60 Å². The third-order valence-corrected chi connectivity index (χ3v) is 8.50. The molecule has 1 aliphatic rings. The summed E-state index contributed by atoms with van der Waals surface area (Å²) in [7, 11) is -4.58. The molecule has 1 saturated heterocycles. The summed E-state index contributed by atoms with van der Waals surface area (Å²) in [6, 6.07) is 26.8. The Morgan fingerprint density at radius 2 is 1.54 bits per heavy atom. The molecule has 1 fully saturated rings. The van der Waals surface area contributed by atoms with E-state index >= 15 is 0 Å². The van der Waals surface area contributed by atoms with Gasteiger partial charge in [0.15, 0.2) is 0 Å². The molecule has 4 aromatic rings. The Hall–Kier alpha value is -3.45. The maximum Gasteiger partial charge on any atom is 0.356 e. The van der Waals surface area contributed by atoms with Crippen LogP contribution >= 0.6 is 19.2 Å². The summed E-state index contributed by atoms with van der Waals surface area (Å²) < 4.78 is 12.0. The molecule has 1 amide bonds. The van der Waals surface area contributed by atoms with Crippen molar-refractivity contribution >= 4 is 36.1 Å². The first kappa shape index (κ1) is 27.1. The maximum absolute atomic E-state index is 13.4. The highest BCUT2D eigenvalue weighted by molar-refractivity contribution is 7.60. The minimum Gasteiger partial charge on any atom is -0.507 e. The van der Waals surface area contributed by atoms with E-state index in [2.05, 4.69) is 0 Å². The molecule has 1 heterocycles. The van der Waals surface area contributed by atoms with Crippen molar-refractivity contribution in [3.8, 4) is 16.9 Å². The Labute approximate surface area is 231 Å². The molecule has 3 atom stereocenters. The van der Waals surface area contributed by atoms with E-state index in [4.69, 9.17) is 11.6 Å². The Bertz CT molecular complexity index is 1560. The van der Waals surface area contributed by atoms with Crippen molar-refractivity contribution in [2.45, 2.75) is 25.0 Å². The minimum absolute atomic E-state index is 0.0898. The Morgan fingerprint density at radius 3 is 2.23 bits per heavy atom. The number of nitrogens with zero attached hydrogens (tertiary/aromatic N) is 1. The van der Waals surface area contributed by atoms with Crippen LogP contribution in [0, 0.1) is 5.92 Å². The van der Waals surface area contributed by atoms with Crippen LogP contribution in [0.4, 0.5) is 5.69 Å². The average Bonchev–Trinajstić information content (AvgIpc) is 2.92. The lowest BCUT2D eigenvalue weighted by atomic mass is 9.78. The highest BCUT2D eigenvalue weighted by Gasteiger charge is 2.48. The third-order valence-electron chi connectivity index (χ3n) is 7.13. The quantitative estimate of drug-likeness (QED) is 0.160. The van der Waals surface area contributed by atoms with Crippen molar-refractivity contribution < 1.29 is 29.4 Å². The topological polar surface area (TPSA) is 118 Å². The normalized spacial score (nSPS) is 18.1. The zero-order valence-electron chi connectivity index (χ0n) is 20.8.